The number of nitrogen functional groups attached to an aromatic ring is 1. The smallest absolute Gasteiger partial charge is 0.288 e. The zero-order chi connectivity index (χ0) is 11.4. The SMILES string of the molecule is CC(CN(C)C)NC(=O)c1nc(N)n[nH]1. The van der Waals surface area contributed by atoms with Gasteiger partial charge in [-0.1, -0.05) is 0 Å². The average molecular weight is 212 g/mol. The van der Waals surface area contributed by atoms with Gasteiger partial charge in [-0.3, -0.25) is 9.89 Å². The molecule has 4 N–H and O–H groups in total. The van der Waals surface area contributed by atoms with Crippen LogP contribution in [-0.4, -0.2) is 52.7 Å². The van der Waals surface area contributed by atoms with Gasteiger partial charge in [-0.05, 0) is 21.0 Å². The van der Waals surface area contributed by atoms with Gasteiger partial charge in [0.15, 0.2) is 0 Å². The lowest BCUT2D eigenvalue weighted by atomic mass is 10.3. The highest BCUT2D eigenvalue weighted by Gasteiger charge is 2.13. The number of nitrogens with zero attached hydrogens (tertiary/aromatic N) is 3. The largest absolute Gasteiger partial charge is 0.366 e. The minimum absolute atomic E-state index is 0.0406. The van der Waals surface area contributed by atoms with E-state index in [4.69, 9.17) is 5.73 Å². The van der Waals surface area contributed by atoms with E-state index >= 15 is 0 Å². The van der Waals surface area contributed by atoms with Gasteiger partial charge in [0, 0.05) is 12.6 Å². The molecule has 0 saturated carbocycles. The summed E-state index contributed by atoms with van der Waals surface area (Å²) in [4.78, 5) is 17.2. The highest BCUT2D eigenvalue weighted by Crippen LogP contribution is 1.94. The van der Waals surface area contributed by atoms with Crippen LogP contribution in [0, 0.1) is 0 Å². The highest BCUT2D eigenvalue weighted by atomic mass is 16.2. The van der Waals surface area contributed by atoms with Gasteiger partial charge in [0.1, 0.15) is 0 Å². The molecule has 1 aromatic heterocycles. The Morgan fingerprint density at radius 2 is 2.33 bits per heavy atom. The van der Waals surface area contributed by atoms with Crippen molar-refractivity contribution in [2.24, 2.45) is 0 Å². The second-order valence-electron chi connectivity index (χ2n) is 3.68. The summed E-state index contributed by atoms with van der Waals surface area (Å²) >= 11 is 0. The molecule has 1 aromatic rings. The van der Waals surface area contributed by atoms with Gasteiger partial charge in [-0.15, -0.1) is 5.10 Å². The van der Waals surface area contributed by atoms with Gasteiger partial charge in [0.2, 0.25) is 11.8 Å². The summed E-state index contributed by atoms with van der Waals surface area (Å²) < 4.78 is 0. The summed E-state index contributed by atoms with van der Waals surface area (Å²) in [5, 5.41) is 8.80. The molecule has 15 heavy (non-hydrogen) atoms. The van der Waals surface area contributed by atoms with E-state index < -0.39 is 0 Å². The molecule has 1 heterocycles. The minimum atomic E-state index is -0.298. The van der Waals surface area contributed by atoms with Crippen LogP contribution in [0.3, 0.4) is 0 Å². The number of nitrogens with one attached hydrogen (secondary N) is 2. The van der Waals surface area contributed by atoms with E-state index in [1.165, 1.54) is 0 Å². The maximum Gasteiger partial charge on any atom is 0.288 e. The number of carbonyl (C=O) groups is 1. The molecule has 84 valence electrons. The van der Waals surface area contributed by atoms with Crippen molar-refractivity contribution in [3.05, 3.63) is 5.82 Å². The van der Waals surface area contributed by atoms with Crippen LogP contribution >= 0.6 is 0 Å². The molecule has 7 heteroatoms. The van der Waals surface area contributed by atoms with E-state index in [2.05, 4.69) is 20.5 Å². The number of anilines is 1. The lowest BCUT2D eigenvalue weighted by Crippen LogP contribution is -2.39. The fourth-order valence-electron chi connectivity index (χ4n) is 1.26. The summed E-state index contributed by atoms with van der Waals surface area (Å²) in [5.74, 6) is -0.0907. The molecule has 1 rings (SSSR count). The molecule has 0 spiro atoms. The first-order chi connectivity index (χ1) is 6.99. The molecule has 1 amide bonds. The summed E-state index contributed by atoms with van der Waals surface area (Å²) in [7, 11) is 3.88. The lowest BCUT2D eigenvalue weighted by molar-refractivity contribution is 0.0924. The maximum atomic E-state index is 11.5. The van der Waals surface area contributed by atoms with Gasteiger partial charge in [-0.2, -0.15) is 4.98 Å². The fraction of sp³-hybridized carbons (Fsp3) is 0.625. The third kappa shape index (κ3) is 3.55. The number of hydrogen-bond donors (Lipinski definition) is 3. The topological polar surface area (TPSA) is 99.9 Å². The molecule has 0 aliphatic heterocycles. The van der Waals surface area contributed by atoms with E-state index in [-0.39, 0.29) is 23.7 Å². The Kier molecular flexibility index (Phi) is 3.62. The number of hydrogen-bond acceptors (Lipinski definition) is 5. The van der Waals surface area contributed by atoms with Gasteiger partial charge < -0.3 is 16.0 Å². The van der Waals surface area contributed by atoms with Crippen molar-refractivity contribution in [2.75, 3.05) is 26.4 Å². The summed E-state index contributed by atoms with van der Waals surface area (Å²) in [6, 6.07) is 0.0406. The van der Waals surface area contributed by atoms with Crippen molar-refractivity contribution in [3.63, 3.8) is 0 Å². The number of aromatic amines is 1. The quantitative estimate of drug-likeness (QED) is 0.598. The van der Waals surface area contributed by atoms with Crippen LogP contribution in [0.4, 0.5) is 5.95 Å². The molecule has 1 unspecified atom stereocenters. The Labute approximate surface area is 88.0 Å². The predicted molar refractivity (Wildman–Crippen MR) is 56.3 cm³/mol. The molecule has 7 nitrogen and oxygen atoms in total. The second-order valence-corrected chi connectivity index (χ2v) is 3.68. The normalized spacial score (nSPS) is 12.8. The molecule has 0 aromatic carbocycles. The first-order valence-electron chi connectivity index (χ1n) is 4.62. The molecule has 0 bridgehead atoms. The van der Waals surface area contributed by atoms with Crippen molar-refractivity contribution in [1.29, 1.82) is 0 Å². The van der Waals surface area contributed by atoms with Crippen LogP contribution in [-0.2, 0) is 0 Å². The third-order valence-electron chi connectivity index (χ3n) is 1.73. The molecule has 0 aliphatic carbocycles. The molecule has 0 aliphatic rings. The Morgan fingerprint density at radius 1 is 1.67 bits per heavy atom. The van der Waals surface area contributed by atoms with Crippen LogP contribution in [0.15, 0.2) is 0 Å². The van der Waals surface area contributed by atoms with E-state index in [1.807, 2.05) is 25.9 Å². The number of aromatic nitrogens is 3. The van der Waals surface area contributed by atoms with E-state index in [0.717, 1.165) is 6.54 Å². The molecular weight excluding hydrogens is 196 g/mol. The van der Waals surface area contributed by atoms with Crippen LogP contribution in [0.25, 0.3) is 0 Å². The number of amides is 1. The summed E-state index contributed by atoms with van der Waals surface area (Å²) in [6.07, 6.45) is 0. The van der Waals surface area contributed by atoms with Crippen LogP contribution < -0.4 is 11.1 Å². The van der Waals surface area contributed by atoms with Crippen molar-refractivity contribution >= 4 is 11.9 Å². The molecule has 0 saturated heterocycles. The van der Waals surface area contributed by atoms with E-state index in [1.54, 1.807) is 0 Å². The monoisotopic (exact) mass is 212 g/mol. The van der Waals surface area contributed by atoms with Crippen molar-refractivity contribution in [2.45, 2.75) is 13.0 Å². The van der Waals surface area contributed by atoms with Gasteiger partial charge in [0.25, 0.3) is 5.91 Å². The van der Waals surface area contributed by atoms with Crippen molar-refractivity contribution in [1.82, 2.24) is 25.4 Å². The Morgan fingerprint density at radius 3 is 2.80 bits per heavy atom. The maximum absolute atomic E-state index is 11.5. The van der Waals surface area contributed by atoms with Gasteiger partial charge in [-0.25, -0.2) is 0 Å². The van der Waals surface area contributed by atoms with Crippen molar-refractivity contribution < 1.29 is 4.79 Å². The number of rotatable bonds is 4. The third-order valence-corrected chi connectivity index (χ3v) is 1.73. The number of nitrogens with two attached hydrogens (primary N) is 1. The van der Waals surface area contributed by atoms with E-state index in [9.17, 15) is 4.79 Å². The molecule has 0 fully saturated rings. The van der Waals surface area contributed by atoms with Crippen molar-refractivity contribution in [3.8, 4) is 0 Å². The first-order valence-corrected chi connectivity index (χ1v) is 4.62. The Hall–Kier alpha value is -1.63. The molecule has 1 atom stereocenters. The zero-order valence-corrected chi connectivity index (χ0v) is 9.11. The second kappa shape index (κ2) is 4.74. The number of carbonyl (C=O) groups excluding carboxylic acids is 1. The Bertz CT molecular complexity index is 334. The van der Waals surface area contributed by atoms with Crippen LogP contribution in [0.5, 0.6) is 0 Å². The zero-order valence-electron chi connectivity index (χ0n) is 9.11. The van der Waals surface area contributed by atoms with Crippen LogP contribution in [0.2, 0.25) is 0 Å². The van der Waals surface area contributed by atoms with E-state index in [0.29, 0.717) is 0 Å². The molecule has 0 radical (unpaired) electrons. The van der Waals surface area contributed by atoms with Gasteiger partial charge >= 0.3 is 0 Å². The van der Waals surface area contributed by atoms with Gasteiger partial charge in [0.05, 0.1) is 0 Å². The summed E-state index contributed by atoms with van der Waals surface area (Å²) in [6.45, 7) is 2.67. The lowest BCUT2D eigenvalue weighted by Gasteiger charge is -2.17. The first kappa shape index (κ1) is 11.4. The number of likely N-dealkylation sites (N-methyl/N-ethyl adjacent to an activating group) is 1. The fourth-order valence-corrected chi connectivity index (χ4v) is 1.26. The number of H-pyrrole nitrogens is 1. The average Bonchev–Trinajstić information content (AvgIpc) is 2.49. The summed E-state index contributed by atoms with van der Waals surface area (Å²) in [5.41, 5.74) is 5.29. The molecular formula is C8H16N6O. The minimum Gasteiger partial charge on any atom is -0.366 e. The Balaban J connectivity index is 2.49. The standard InChI is InChI=1S/C8H16N6O/c1-5(4-14(2)3)10-7(15)6-11-8(9)13-12-6/h5H,4H2,1-3H3,(H,10,15)(H3,9,11,12,13). The predicted octanol–water partition coefficient (Wildman–Crippen LogP) is -0.933. The highest BCUT2D eigenvalue weighted by molar-refractivity contribution is 5.90. The van der Waals surface area contributed by atoms with Crippen LogP contribution in [0.1, 0.15) is 17.5 Å².